The van der Waals surface area contributed by atoms with Gasteiger partial charge < -0.3 is 4.57 Å². The maximum absolute atomic E-state index is 12.7. The van der Waals surface area contributed by atoms with Gasteiger partial charge in [0.05, 0.1) is 6.54 Å². The summed E-state index contributed by atoms with van der Waals surface area (Å²) in [6, 6.07) is 9.74. The Labute approximate surface area is 142 Å². The Kier molecular flexibility index (Phi) is 4.88. The van der Waals surface area contributed by atoms with Crippen LogP contribution in [0.1, 0.15) is 41.0 Å². The molecule has 1 aromatic heterocycles. The smallest absolute Gasteiger partial charge is 0.178 e. The molecule has 1 aliphatic heterocycles. The molecule has 0 atom stereocenters. The van der Waals surface area contributed by atoms with Crippen LogP contribution in [0.5, 0.6) is 0 Å². The third-order valence-electron chi connectivity index (χ3n) is 4.63. The quantitative estimate of drug-likeness (QED) is 0.775. The molecule has 4 heteroatoms. The fourth-order valence-corrected chi connectivity index (χ4v) is 3.56. The van der Waals surface area contributed by atoms with Crippen LogP contribution in [0.15, 0.2) is 30.3 Å². The molecule has 3 rings (SSSR count). The van der Waals surface area contributed by atoms with Crippen LogP contribution in [-0.4, -0.2) is 34.9 Å². The Bertz CT molecular complexity index is 697. The Balaban J connectivity index is 1.85. The lowest BCUT2D eigenvalue weighted by molar-refractivity contribution is 0.0915. The van der Waals surface area contributed by atoms with Crippen molar-refractivity contribution in [3.8, 4) is 5.69 Å². The van der Waals surface area contributed by atoms with Crippen molar-refractivity contribution < 1.29 is 4.79 Å². The van der Waals surface area contributed by atoms with Gasteiger partial charge in [-0.2, -0.15) is 0 Å². The Morgan fingerprint density at radius 2 is 1.74 bits per heavy atom. The molecule has 1 aromatic carbocycles. The van der Waals surface area contributed by atoms with Gasteiger partial charge in [-0.3, -0.25) is 9.69 Å². The first kappa shape index (κ1) is 16.3. The molecule has 0 bridgehead atoms. The van der Waals surface area contributed by atoms with Crippen molar-refractivity contribution in [3.63, 3.8) is 0 Å². The van der Waals surface area contributed by atoms with E-state index in [0.29, 0.717) is 6.54 Å². The molecule has 2 heterocycles. The van der Waals surface area contributed by atoms with Gasteiger partial charge in [-0.1, -0.05) is 18.0 Å². The summed E-state index contributed by atoms with van der Waals surface area (Å²) in [5.74, 6) is 0.222. The van der Waals surface area contributed by atoms with E-state index in [2.05, 4.69) is 9.47 Å². The fraction of sp³-hybridized carbons (Fsp3) is 0.421. The molecule has 0 N–H and O–H groups in total. The monoisotopic (exact) mass is 330 g/mol. The number of likely N-dealkylation sites (tertiary alicyclic amines) is 1. The summed E-state index contributed by atoms with van der Waals surface area (Å²) in [5, 5.41) is 0.720. The van der Waals surface area contributed by atoms with Crippen LogP contribution in [-0.2, 0) is 0 Å². The van der Waals surface area contributed by atoms with Gasteiger partial charge in [-0.05, 0) is 70.1 Å². The Morgan fingerprint density at radius 3 is 2.39 bits per heavy atom. The summed E-state index contributed by atoms with van der Waals surface area (Å²) in [6.07, 6.45) is 3.70. The summed E-state index contributed by atoms with van der Waals surface area (Å²) in [5.41, 5.74) is 3.96. The lowest BCUT2D eigenvalue weighted by Crippen LogP contribution is -2.34. The van der Waals surface area contributed by atoms with Crippen LogP contribution < -0.4 is 0 Å². The number of carbonyl (C=O) groups excluding carboxylic acids is 1. The molecule has 3 nitrogen and oxygen atoms in total. The summed E-state index contributed by atoms with van der Waals surface area (Å²) in [4.78, 5) is 15.0. The molecule has 1 saturated heterocycles. The SMILES string of the molecule is Cc1cc(C(=O)CN2CCCCC2)c(C)n1-c1ccc(Cl)cc1. The van der Waals surface area contributed by atoms with Gasteiger partial charge in [0.15, 0.2) is 5.78 Å². The minimum atomic E-state index is 0.222. The van der Waals surface area contributed by atoms with E-state index >= 15 is 0 Å². The first-order valence-electron chi connectivity index (χ1n) is 8.26. The number of aromatic nitrogens is 1. The maximum atomic E-state index is 12.7. The molecular weight excluding hydrogens is 308 g/mol. The van der Waals surface area contributed by atoms with Crippen LogP contribution in [0.25, 0.3) is 5.69 Å². The summed E-state index contributed by atoms with van der Waals surface area (Å²) < 4.78 is 2.12. The third kappa shape index (κ3) is 3.51. The second kappa shape index (κ2) is 6.90. The highest BCUT2D eigenvalue weighted by Gasteiger charge is 2.20. The molecule has 0 amide bonds. The topological polar surface area (TPSA) is 25.2 Å². The van der Waals surface area contributed by atoms with Crippen molar-refractivity contribution >= 4 is 17.4 Å². The third-order valence-corrected chi connectivity index (χ3v) is 4.88. The lowest BCUT2D eigenvalue weighted by atomic mass is 10.1. The van der Waals surface area contributed by atoms with Gasteiger partial charge in [0, 0.05) is 27.7 Å². The number of ketones is 1. The molecule has 2 aromatic rings. The molecule has 0 unspecified atom stereocenters. The molecule has 0 spiro atoms. The summed E-state index contributed by atoms with van der Waals surface area (Å²) in [7, 11) is 0. The summed E-state index contributed by atoms with van der Waals surface area (Å²) in [6.45, 7) is 6.68. The first-order valence-corrected chi connectivity index (χ1v) is 8.64. The molecule has 0 radical (unpaired) electrons. The van der Waals surface area contributed by atoms with E-state index in [-0.39, 0.29) is 5.78 Å². The lowest BCUT2D eigenvalue weighted by Gasteiger charge is -2.25. The number of nitrogens with zero attached hydrogens (tertiary/aromatic N) is 2. The van der Waals surface area contributed by atoms with Crippen LogP contribution in [0.3, 0.4) is 0 Å². The van der Waals surface area contributed by atoms with Gasteiger partial charge in [0.1, 0.15) is 0 Å². The largest absolute Gasteiger partial charge is 0.318 e. The van der Waals surface area contributed by atoms with Gasteiger partial charge in [0.2, 0.25) is 0 Å². The highest BCUT2D eigenvalue weighted by Crippen LogP contribution is 2.23. The molecular formula is C19H23ClN2O. The molecule has 1 aliphatic rings. The van der Waals surface area contributed by atoms with E-state index < -0.39 is 0 Å². The number of benzene rings is 1. The van der Waals surface area contributed by atoms with E-state index in [0.717, 1.165) is 40.8 Å². The number of Topliss-reactive ketones (excluding diaryl/α,β-unsaturated/α-hetero) is 1. The summed E-state index contributed by atoms with van der Waals surface area (Å²) >= 11 is 5.97. The second-order valence-electron chi connectivity index (χ2n) is 6.36. The standard InChI is InChI=1S/C19H23ClN2O/c1-14-12-18(19(23)13-21-10-4-3-5-11-21)15(2)22(14)17-8-6-16(20)7-9-17/h6-9,12H,3-5,10-11,13H2,1-2H3. The predicted molar refractivity (Wildman–Crippen MR) is 94.9 cm³/mol. The highest BCUT2D eigenvalue weighted by atomic mass is 35.5. The highest BCUT2D eigenvalue weighted by molar-refractivity contribution is 6.30. The minimum Gasteiger partial charge on any atom is -0.318 e. The zero-order chi connectivity index (χ0) is 16.4. The molecule has 1 fully saturated rings. The zero-order valence-corrected chi connectivity index (χ0v) is 14.6. The Hall–Kier alpha value is -1.58. The van der Waals surface area contributed by atoms with Crippen molar-refractivity contribution in [1.29, 1.82) is 0 Å². The maximum Gasteiger partial charge on any atom is 0.178 e. The van der Waals surface area contributed by atoms with Crippen molar-refractivity contribution in [1.82, 2.24) is 9.47 Å². The van der Waals surface area contributed by atoms with Gasteiger partial charge >= 0.3 is 0 Å². The Morgan fingerprint density at radius 1 is 1.09 bits per heavy atom. The van der Waals surface area contributed by atoms with E-state index in [1.54, 1.807) is 0 Å². The minimum absolute atomic E-state index is 0.222. The number of aryl methyl sites for hydroxylation is 1. The average molecular weight is 331 g/mol. The number of rotatable bonds is 4. The van der Waals surface area contributed by atoms with Crippen LogP contribution in [0.2, 0.25) is 5.02 Å². The number of carbonyl (C=O) groups is 1. The van der Waals surface area contributed by atoms with Gasteiger partial charge in [-0.25, -0.2) is 0 Å². The van der Waals surface area contributed by atoms with Crippen LogP contribution in [0, 0.1) is 13.8 Å². The number of piperidine rings is 1. The van der Waals surface area contributed by atoms with E-state index in [9.17, 15) is 4.79 Å². The normalized spacial score (nSPS) is 15.8. The van der Waals surface area contributed by atoms with E-state index in [1.165, 1.54) is 19.3 Å². The number of hydrogen-bond acceptors (Lipinski definition) is 2. The number of hydrogen-bond donors (Lipinski definition) is 0. The zero-order valence-electron chi connectivity index (χ0n) is 13.8. The van der Waals surface area contributed by atoms with Crippen molar-refractivity contribution in [3.05, 3.63) is 52.3 Å². The predicted octanol–water partition coefficient (Wildman–Crippen LogP) is 4.42. The average Bonchev–Trinajstić information content (AvgIpc) is 2.84. The van der Waals surface area contributed by atoms with Crippen molar-refractivity contribution in [2.45, 2.75) is 33.1 Å². The van der Waals surface area contributed by atoms with Gasteiger partial charge in [0.25, 0.3) is 0 Å². The van der Waals surface area contributed by atoms with Crippen molar-refractivity contribution in [2.75, 3.05) is 19.6 Å². The van der Waals surface area contributed by atoms with Gasteiger partial charge in [-0.15, -0.1) is 0 Å². The van der Waals surface area contributed by atoms with Crippen molar-refractivity contribution in [2.24, 2.45) is 0 Å². The fourth-order valence-electron chi connectivity index (χ4n) is 3.44. The van der Waals surface area contributed by atoms with Crippen LogP contribution in [0.4, 0.5) is 0 Å². The second-order valence-corrected chi connectivity index (χ2v) is 6.79. The molecule has 23 heavy (non-hydrogen) atoms. The first-order chi connectivity index (χ1) is 11.1. The van der Waals surface area contributed by atoms with Crippen LogP contribution >= 0.6 is 11.6 Å². The van der Waals surface area contributed by atoms with E-state index in [1.807, 2.05) is 44.2 Å². The number of halogens is 1. The molecule has 0 saturated carbocycles. The molecule has 122 valence electrons. The molecule has 0 aliphatic carbocycles. The van der Waals surface area contributed by atoms with E-state index in [4.69, 9.17) is 11.6 Å².